The second-order valence-corrected chi connectivity index (χ2v) is 4.06. The molecular formula is C12H13N5. The molecule has 1 aromatic carbocycles. The van der Waals surface area contributed by atoms with Gasteiger partial charge in [0.25, 0.3) is 0 Å². The van der Waals surface area contributed by atoms with Crippen molar-refractivity contribution in [3.8, 4) is 0 Å². The summed E-state index contributed by atoms with van der Waals surface area (Å²) < 4.78 is 1.98. The Kier molecular flexibility index (Phi) is 2.19. The summed E-state index contributed by atoms with van der Waals surface area (Å²) >= 11 is 0. The number of fused-ring (bicyclic) bond motifs is 1. The number of rotatable bonds is 2. The zero-order chi connectivity index (χ0) is 11.8. The zero-order valence-corrected chi connectivity index (χ0v) is 9.46. The van der Waals surface area contributed by atoms with Gasteiger partial charge in [0.2, 0.25) is 0 Å². The van der Waals surface area contributed by atoms with E-state index in [1.165, 1.54) is 0 Å². The van der Waals surface area contributed by atoms with E-state index in [0.717, 1.165) is 22.4 Å². The first-order valence-electron chi connectivity index (χ1n) is 5.41. The summed E-state index contributed by atoms with van der Waals surface area (Å²) in [6.45, 7) is 0. The van der Waals surface area contributed by atoms with Crippen molar-refractivity contribution < 1.29 is 0 Å². The largest absolute Gasteiger partial charge is 0.347 e. The molecule has 0 radical (unpaired) electrons. The molecule has 0 aliphatic carbocycles. The number of aryl methyl sites for hydroxylation is 1. The van der Waals surface area contributed by atoms with Crippen LogP contribution in [0.4, 0.5) is 0 Å². The van der Waals surface area contributed by atoms with Crippen molar-refractivity contribution in [2.45, 2.75) is 6.04 Å². The summed E-state index contributed by atoms with van der Waals surface area (Å²) in [5.41, 5.74) is 9.18. The molecule has 5 nitrogen and oxygen atoms in total. The molecule has 0 bridgehead atoms. The van der Waals surface area contributed by atoms with Crippen molar-refractivity contribution in [3.05, 3.63) is 48.3 Å². The summed E-state index contributed by atoms with van der Waals surface area (Å²) in [6, 6.07) is 5.80. The van der Waals surface area contributed by atoms with E-state index in [1.54, 1.807) is 18.7 Å². The van der Waals surface area contributed by atoms with Gasteiger partial charge in [-0.3, -0.25) is 0 Å². The van der Waals surface area contributed by atoms with Crippen LogP contribution in [-0.4, -0.2) is 19.5 Å². The highest BCUT2D eigenvalue weighted by Gasteiger charge is 2.12. The first-order valence-corrected chi connectivity index (χ1v) is 5.41. The number of imidazole rings is 2. The minimum absolute atomic E-state index is 0.239. The third kappa shape index (κ3) is 1.60. The van der Waals surface area contributed by atoms with Crippen LogP contribution in [0, 0.1) is 0 Å². The van der Waals surface area contributed by atoms with Crippen molar-refractivity contribution in [2.24, 2.45) is 12.8 Å². The number of hydrogen-bond acceptors (Lipinski definition) is 3. The lowest BCUT2D eigenvalue weighted by molar-refractivity contribution is 0.802. The highest BCUT2D eigenvalue weighted by molar-refractivity contribution is 5.76. The van der Waals surface area contributed by atoms with Crippen LogP contribution in [0.1, 0.15) is 17.4 Å². The van der Waals surface area contributed by atoms with Crippen molar-refractivity contribution in [2.75, 3.05) is 0 Å². The summed E-state index contributed by atoms with van der Waals surface area (Å²) in [7, 11) is 1.97. The van der Waals surface area contributed by atoms with E-state index in [1.807, 2.05) is 29.8 Å². The van der Waals surface area contributed by atoms with Crippen molar-refractivity contribution in [1.82, 2.24) is 19.5 Å². The van der Waals surface area contributed by atoms with E-state index >= 15 is 0 Å². The third-order valence-electron chi connectivity index (χ3n) is 2.92. The first-order chi connectivity index (χ1) is 8.25. The van der Waals surface area contributed by atoms with Gasteiger partial charge < -0.3 is 15.3 Å². The molecule has 0 aliphatic rings. The van der Waals surface area contributed by atoms with Gasteiger partial charge in [0.15, 0.2) is 0 Å². The van der Waals surface area contributed by atoms with Crippen LogP contribution in [0.5, 0.6) is 0 Å². The summed E-state index contributed by atoms with van der Waals surface area (Å²) in [6.07, 6.45) is 5.27. The fourth-order valence-corrected chi connectivity index (χ4v) is 1.95. The topological polar surface area (TPSA) is 72.5 Å². The van der Waals surface area contributed by atoms with Gasteiger partial charge in [0, 0.05) is 19.4 Å². The van der Waals surface area contributed by atoms with Crippen LogP contribution in [0.25, 0.3) is 11.0 Å². The molecule has 2 heterocycles. The number of aromatic amines is 1. The van der Waals surface area contributed by atoms with Crippen molar-refractivity contribution in [3.63, 3.8) is 0 Å². The van der Waals surface area contributed by atoms with Crippen molar-refractivity contribution in [1.29, 1.82) is 0 Å². The van der Waals surface area contributed by atoms with Crippen LogP contribution >= 0.6 is 0 Å². The number of hydrogen-bond donors (Lipinski definition) is 2. The molecule has 1 atom stereocenters. The van der Waals surface area contributed by atoms with E-state index in [4.69, 9.17) is 5.73 Å². The third-order valence-corrected chi connectivity index (χ3v) is 2.92. The molecule has 86 valence electrons. The molecule has 5 heteroatoms. The highest BCUT2D eigenvalue weighted by Crippen LogP contribution is 2.20. The minimum Gasteiger partial charge on any atom is -0.347 e. The summed E-state index contributed by atoms with van der Waals surface area (Å²) in [5, 5.41) is 0. The van der Waals surface area contributed by atoms with Crippen molar-refractivity contribution >= 4 is 11.0 Å². The molecule has 3 aromatic rings. The first kappa shape index (κ1) is 10.0. The van der Waals surface area contributed by atoms with Gasteiger partial charge in [-0.05, 0) is 17.7 Å². The highest BCUT2D eigenvalue weighted by atomic mass is 15.0. The van der Waals surface area contributed by atoms with Gasteiger partial charge in [-0.15, -0.1) is 0 Å². The Morgan fingerprint density at radius 2 is 2.24 bits per heavy atom. The lowest BCUT2D eigenvalue weighted by Gasteiger charge is -2.09. The van der Waals surface area contributed by atoms with Gasteiger partial charge in [0.05, 0.1) is 23.4 Å². The zero-order valence-electron chi connectivity index (χ0n) is 9.46. The molecule has 3 N–H and O–H groups in total. The van der Waals surface area contributed by atoms with E-state index in [2.05, 4.69) is 15.0 Å². The molecular weight excluding hydrogens is 214 g/mol. The van der Waals surface area contributed by atoms with Crippen LogP contribution in [-0.2, 0) is 7.05 Å². The van der Waals surface area contributed by atoms with Gasteiger partial charge >= 0.3 is 0 Å². The minimum atomic E-state index is -0.239. The Hall–Kier alpha value is -2.14. The van der Waals surface area contributed by atoms with Gasteiger partial charge in [0.1, 0.15) is 5.82 Å². The monoisotopic (exact) mass is 227 g/mol. The Labute approximate surface area is 98.3 Å². The second-order valence-electron chi connectivity index (χ2n) is 4.06. The molecule has 0 aliphatic heterocycles. The van der Waals surface area contributed by atoms with E-state index < -0.39 is 0 Å². The van der Waals surface area contributed by atoms with Crippen LogP contribution in [0.15, 0.2) is 36.9 Å². The van der Waals surface area contributed by atoms with Gasteiger partial charge in [-0.25, -0.2) is 9.97 Å². The molecule has 0 fully saturated rings. The standard InChI is InChI=1S/C12H13N5/c1-17-7-16-9-6-8(2-3-10(9)17)11(13)12-14-4-5-15-12/h2-7,11H,13H2,1H3,(H,14,15). The Morgan fingerprint density at radius 3 is 3.00 bits per heavy atom. The Balaban J connectivity index is 2.06. The van der Waals surface area contributed by atoms with Gasteiger partial charge in [-0.1, -0.05) is 6.07 Å². The summed E-state index contributed by atoms with van der Waals surface area (Å²) in [5.74, 6) is 0.764. The smallest absolute Gasteiger partial charge is 0.127 e. The van der Waals surface area contributed by atoms with Crippen LogP contribution < -0.4 is 5.73 Å². The lowest BCUT2D eigenvalue weighted by atomic mass is 10.1. The lowest BCUT2D eigenvalue weighted by Crippen LogP contribution is -2.13. The average molecular weight is 227 g/mol. The average Bonchev–Trinajstić information content (AvgIpc) is 2.98. The number of aromatic nitrogens is 4. The maximum Gasteiger partial charge on any atom is 0.127 e. The number of benzene rings is 1. The van der Waals surface area contributed by atoms with Crippen LogP contribution in [0.2, 0.25) is 0 Å². The number of nitrogens with zero attached hydrogens (tertiary/aromatic N) is 3. The Bertz CT molecular complexity index is 638. The van der Waals surface area contributed by atoms with E-state index in [9.17, 15) is 0 Å². The van der Waals surface area contributed by atoms with Crippen LogP contribution in [0.3, 0.4) is 0 Å². The fourth-order valence-electron chi connectivity index (χ4n) is 1.95. The molecule has 0 saturated carbocycles. The SMILES string of the molecule is Cn1cnc2cc(C(N)c3ncc[nH]3)ccc21. The molecule has 2 aromatic heterocycles. The van der Waals surface area contributed by atoms with E-state index in [0.29, 0.717) is 0 Å². The summed E-state index contributed by atoms with van der Waals surface area (Å²) in [4.78, 5) is 11.5. The number of nitrogens with one attached hydrogen (secondary N) is 1. The van der Waals surface area contributed by atoms with Gasteiger partial charge in [-0.2, -0.15) is 0 Å². The molecule has 0 spiro atoms. The maximum absolute atomic E-state index is 6.13. The molecule has 0 saturated heterocycles. The number of H-pyrrole nitrogens is 1. The normalized spacial score (nSPS) is 13.1. The van der Waals surface area contributed by atoms with E-state index in [-0.39, 0.29) is 6.04 Å². The second kappa shape index (κ2) is 3.71. The predicted octanol–water partition coefficient (Wildman–Crippen LogP) is 1.34. The number of nitrogens with two attached hydrogens (primary N) is 1. The molecule has 1 unspecified atom stereocenters. The maximum atomic E-state index is 6.13. The molecule has 3 rings (SSSR count). The Morgan fingerprint density at radius 1 is 1.35 bits per heavy atom. The predicted molar refractivity (Wildman–Crippen MR) is 65.3 cm³/mol. The quantitative estimate of drug-likeness (QED) is 0.694. The fraction of sp³-hybridized carbons (Fsp3) is 0.167. The molecule has 0 amide bonds. The molecule has 17 heavy (non-hydrogen) atoms.